The third-order valence-corrected chi connectivity index (χ3v) is 2.77. The van der Waals surface area contributed by atoms with Gasteiger partial charge in [-0.05, 0) is 31.2 Å². The van der Waals surface area contributed by atoms with Gasteiger partial charge in [-0.2, -0.15) is 0 Å². The number of aromatic nitrogens is 1. The molecule has 1 unspecified atom stereocenters. The minimum Gasteiger partial charge on any atom is -0.305 e. The van der Waals surface area contributed by atoms with Gasteiger partial charge >= 0.3 is 0 Å². The summed E-state index contributed by atoms with van der Waals surface area (Å²) in [5, 5.41) is 3.48. The maximum atomic E-state index is 4.44. The maximum Gasteiger partial charge on any atom is 0.0751 e. The van der Waals surface area contributed by atoms with Gasteiger partial charge in [0.2, 0.25) is 0 Å². The van der Waals surface area contributed by atoms with Gasteiger partial charge in [-0.1, -0.05) is 42.8 Å². The fourth-order valence-corrected chi connectivity index (χ4v) is 1.99. The number of hydrogen-bond donors (Lipinski definition) is 1. The van der Waals surface area contributed by atoms with Crippen molar-refractivity contribution in [2.24, 2.45) is 0 Å². The normalized spacial score (nSPS) is 12.4. The predicted octanol–water partition coefficient (Wildman–Crippen LogP) is 3.09. The van der Waals surface area contributed by atoms with Gasteiger partial charge in [-0.3, -0.25) is 4.98 Å². The first-order chi connectivity index (χ1) is 8.31. The van der Waals surface area contributed by atoms with E-state index >= 15 is 0 Å². The minimum atomic E-state index is 0.182. The predicted molar refractivity (Wildman–Crippen MR) is 70.9 cm³/mol. The van der Waals surface area contributed by atoms with Crippen LogP contribution in [-0.4, -0.2) is 11.5 Å². The highest BCUT2D eigenvalue weighted by atomic mass is 14.9. The highest BCUT2D eigenvalue weighted by Gasteiger charge is 2.13. The summed E-state index contributed by atoms with van der Waals surface area (Å²) in [5.74, 6) is 0. The molecule has 0 aliphatic rings. The molecule has 1 N–H and O–H groups in total. The van der Waals surface area contributed by atoms with Gasteiger partial charge < -0.3 is 5.32 Å². The molecule has 2 heteroatoms. The number of aryl methyl sites for hydroxylation is 1. The molecule has 88 valence electrons. The van der Waals surface area contributed by atoms with Crippen molar-refractivity contribution >= 4 is 0 Å². The average Bonchev–Trinajstić information content (AvgIpc) is 2.37. The standard InChI is InChI=1S/C15H18N2/c1-3-16-15(14-9-4-5-10-17-14)13-8-6-7-12(2)11-13/h4-11,15-16H,3H2,1-2H3. The molecule has 2 aromatic rings. The molecule has 1 heterocycles. The lowest BCUT2D eigenvalue weighted by Crippen LogP contribution is -2.22. The Labute approximate surface area is 103 Å². The van der Waals surface area contributed by atoms with Gasteiger partial charge in [-0.25, -0.2) is 0 Å². The van der Waals surface area contributed by atoms with Crippen molar-refractivity contribution in [2.75, 3.05) is 6.54 Å². The molecule has 0 saturated carbocycles. The van der Waals surface area contributed by atoms with Crippen molar-refractivity contribution in [1.29, 1.82) is 0 Å². The van der Waals surface area contributed by atoms with E-state index in [1.54, 1.807) is 0 Å². The van der Waals surface area contributed by atoms with Gasteiger partial charge in [0.05, 0.1) is 11.7 Å². The van der Waals surface area contributed by atoms with Crippen LogP contribution in [0.25, 0.3) is 0 Å². The zero-order valence-electron chi connectivity index (χ0n) is 10.4. The van der Waals surface area contributed by atoms with Crippen LogP contribution in [0.5, 0.6) is 0 Å². The zero-order valence-corrected chi connectivity index (χ0v) is 10.4. The molecule has 0 aliphatic carbocycles. The Morgan fingerprint density at radius 2 is 2.06 bits per heavy atom. The quantitative estimate of drug-likeness (QED) is 0.866. The van der Waals surface area contributed by atoms with E-state index in [9.17, 15) is 0 Å². The van der Waals surface area contributed by atoms with Gasteiger partial charge in [0.25, 0.3) is 0 Å². The SMILES string of the molecule is CCNC(c1cccc(C)c1)c1ccccn1. The molecule has 1 aromatic carbocycles. The van der Waals surface area contributed by atoms with E-state index in [-0.39, 0.29) is 6.04 Å². The Balaban J connectivity index is 2.35. The molecule has 0 bridgehead atoms. The summed E-state index contributed by atoms with van der Waals surface area (Å²) in [7, 11) is 0. The van der Waals surface area contributed by atoms with Crippen LogP contribution in [0.2, 0.25) is 0 Å². The van der Waals surface area contributed by atoms with E-state index in [1.807, 2.05) is 18.3 Å². The summed E-state index contributed by atoms with van der Waals surface area (Å²) in [6, 6.07) is 14.8. The second kappa shape index (κ2) is 5.60. The van der Waals surface area contributed by atoms with Crippen LogP contribution in [0.1, 0.15) is 29.8 Å². The zero-order chi connectivity index (χ0) is 12.1. The molecule has 0 fully saturated rings. The molecular weight excluding hydrogens is 208 g/mol. The molecular formula is C15H18N2. The molecule has 17 heavy (non-hydrogen) atoms. The highest BCUT2D eigenvalue weighted by Crippen LogP contribution is 2.20. The molecule has 2 nitrogen and oxygen atoms in total. The minimum absolute atomic E-state index is 0.182. The lowest BCUT2D eigenvalue weighted by Gasteiger charge is -2.18. The van der Waals surface area contributed by atoms with Crippen LogP contribution >= 0.6 is 0 Å². The smallest absolute Gasteiger partial charge is 0.0751 e. The molecule has 1 atom stereocenters. The topological polar surface area (TPSA) is 24.9 Å². The first-order valence-electron chi connectivity index (χ1n) is 6.02. The number of hydrogen-bond acceptors (Lipinski definition) is 2. The van der Waals surface area contributed by atoms with Crippen molar-refractivity contribution in [1.82, 2.24) is 10.3 Å². The monoisotopic (exact) mass is 226 g/mol. The van der Waals surface area contributed by atoms with E-state index in [4.69, 9.17) is 0 Å². The van der Waals surface area contributed by atoms with E-state index in [1.165, 1.54) is 11.1 Å². The van der Waals surface area contributed by atoms with Crippen molar-refractivity contribution in [3.8, 4) is 0 Å². The third kappa shape index (κ3) is 2.92. The molecule has 0 radical (unpaired) electrons. The summed E-state index contributed by atoms with van der Waals surface area (Å²) >= 11 is 0. The van der Waals surface area contributed by atoms with Crippen LogP contribution < -0.4 is 5.32 Å². The molecule has 1 aromatic heterocycles. The molecule has 2 rings (SSSR count). The van der Waals surface area contributed by atoms with E-state index < -0.39 is 0 Å². The molecule has 0 saturated heterocycles. The second-order valence-electron chi connectivity index (χ2n) is 4.16. The van der Waals surface area contributed by atoms with Gasteiger partial charge in [-0.15, -0.1) is 0 Å². The van der Waals surface area contributed by atoms with Crippen molar-refractivity contribution < 1.29 is 0 Å². The van der Waals surface area contributed by atoms with Crippen molar-refractivity contribution in [3.05, 3.63) is 65.5 Å². The molecule has 0 aliphatic heterocycles. The average molecular weight is 226 g/mol. The summed E-state index contributed by atoms with van der Waals surface area (Å²) in [6.07, 6.45) is 1.84. The lowest BCUT2D eigenvalue weighted by atomic mass is 10.0. The Hall–Kier alpha value is -1.67. The fraction of sp³-hybridized carbons (Fsp3) is 0.267. The van der Waals surface area contributed by atoms with Crippen molar-refractivity contribution in [3.63, 3.8) is 0 Å². The highest BCUT2D eigenvalue weighted by molar-refractivity contribution is 5.30. The Morgan fingerprint density at radius 1 is 1.18 bits per heavy atom. The Kier molecular flexibility index (Phi) is 3.89. The first kappa shape index (κ1) is 11.8. The van der Waals surface area contributed by atoms with Crippen LogP contribution in [-0.2, 0) is 0 Å². The van der Waals surface area contributed by atoms with Gasteiger partial charge in [0.15, 0.2) is 0 Å². The van der Waals surface area contributed by atoms with Crippen LogP contribution in [0.4, 0.5) is 0 Å². The maximum absolute atomic E-state index is 4.44. The van der Waals surface area contributed by atoms with Crippen LogP contribution in [0, 0.1) is 6.92 Å². The lowest BCUT2D eigenvalue weighted by molar-refractivity contribution is 0.615. The molecule has 0 spiro atoms. The van der Waals surface area contributed by atoms with Gasteiger partial charge in [0, 0.05) is 6.20 Å². The van der Waals surface area contributed by atoms with Crippen LogP contribution in [0.15, 0.2) is 48.7 Å². The second-order valence-corrected chi connectivity index (χ2v) is 4.16. The van der Waals surface area contributed by atoms with Gasteiger partial charge in [0.1, 0.15) is 0 Å². The number of nitrogens with zero attached hydrogens (tertiary/aromatic N) is 1. The summed E-state index contributed by atoms with van der Waals surface area (Å²) in [4.78, 5) is 4.44. The van der Waals surface area contributed by atoms with E-state index in [0.29, 0.717) is 0 Å². The third-order valence-electron chi connectivity index (χ3n) is 2.77. The Bertz CT molecular complexity index is 465. The fourth-order valence-electron chi connectivity index (χ4n) is 1.99. The summed E-state index contributed by atoms with van der Waals surface area (Å²) in [5.41, 5.74) is 3.62. The number of benzene rings is 1. The van der Waals surface area contributed by atoms with Crippen LogP contribution in [0.3, 0.4) is 0 Å². The van der Waals surface area contributed by atoms with E-state index in [0.717, 1.165) is 12.2 Å². The Morgan fingerprint density at radius 3 is 2.71 bits per heavy atom. The summed E-state index contributed by atoms with van der Waals surface area (Å²) in [6.45, 7) is 5.16. The van der Waals surface area contributed by atoms with E-state index in [2.05, 4.69) is 54.5 Å². The molecule has 0 amide bonds. The number of pyridine rings is 1. The number of nitrogens with one attached hydrogen (secondary N) is 1. The summed E-state index contributed by atoms with van der Waals surface area (Å²) < 4.78 is 0. The first-order valence-corrected chi connectivity index (χ1v) is 6.02. The van der Waals surface area contributed by atoms with Crippen molar-refractivity contribution in [2.45, 2.75) is 19.9 Å². The number of rotatable bonds is 4. The largest absolute Gasteiger partial charge is 0.305 e.